The zero-order valence-corrected chi connectivity index (χ0v) is 12.4. The van der Waals surface area contributed by atoms with Gasteiger partial charge >= 0.3 is 0 Å². The summed E-state index contributed by atoms with van der Waals surface area (Å²) in [4.78, 5) is 2.58. The summed E-state index contributed by atoms with van der Waals surface area (Å²) in [7, 11) is 0. The second-order valence-electron chi connectivity index (χ2n) is 6.95. The minimum Gasteiger partial charge on any atom is -0.375 e. The van der Waals surface area contributed by atoms with E-state index in [2.05, 4.69) is 31.0 Å². The maximum atomic E-state index is 5.82. The average Bonchev–Trinajstić information content (AvgIpc) is 3.09. The van der Waals surface area contributed by atoms with E-state index >= 15 is 0 Å². The molecule has 2 fully saturated rings. The number of hydrogen-bond acceptors (Lipinski definition) is 3. The third-order valence-corrected chi connectivity index (χ3v) is 3.82. The van der Waals surface area contributed by atoms with E-state index in [4.69, 9.17) is 4.74 Å². The van der Waals surface area contributed by atoms with Crippen molar-refractivity contribution < 1.29 is 4.74 Å². The van der Waals surface area contributed by atoms with Crippen LogP contribution in [0, 0.1) is 5.92 Å². The molecule has 18 heavy (non-hydrogen) atoms. The molecule has 1 unspecified atom stereocenters. The van der Waals surface area contributed by atoms with Gasteiger partial charge in [0.25, 0.3) is 0 Å². The van der Waals surface area contributed by atoms with Gasteiger partial charge in [-0.15, -0.1) is 0 Å². The number of likely N-dealkylation sites (tertiary alicyclic amines) is 1. The van der Waals surface area contributed by atoms with Gasteiger partial charge in [0, 0.05) is 19.1 Å². The quantitative estimate of drug-likeness (QED) is 0.787. The fourth-order valence-electron chi connectivity index (χ4n) is 2.62. The normalized spacial score (nSPS) is 26.5. The molecule has 3 nitrogen and oxygen atoms in total. The van der Waals surface area contributed by atoms with Gasteiger partial charge in [-0.1, -0.05) is 0 Å². The van der Waals surface area contributed by atoms with E-state index in [1.807, 2.05) is 0 Å². The molecule has 0 radical (unpaired) electrons. The fraction of sp³-hybridized carbons (Fsp3) is 1.00. The van der Waals surface area contributed by atoms with E-state index in [1.165, 1.54) is 45.3 Å². The first-order chi connectivity index (χ1) is 8.53. The van der Waals surface area contributed by atoms with Crippen LogP contribution in [-0.2, 0) is 4.74 Å². The van der Waals surface area contributed by atoms with Crippen LogP contribution in [0.15, 0.2) is 0 Å². The van der Waals surface area contributed by atoms with Crippen molar-refractivity contribution in [3.05, 3.63) is 0 Å². The Morgan fingerprint density at radius 3 is 2.67 bits per heavy atom. The third-order valence-electron chi connectivity index (χ3n) is 3.82. The van der Waals surface area contributed by atoms with Gasteiger partial charge in [-0.05, 0) is 65.5 Å². The molecule has 0 spiro atoms. The molecule has 106 valence electrons. The van der Waals surface area contributed by atoms with Crippen LogP contribution in [0.4, 0.5) is 0 Å². The molecule has 2 aliphatic rings. The van der Waals surface area contributed by atoms with Gasteiger partial charge in [0.2, 0.25) is 0 Å². The van der Waals surface area contributed by atoms with Crippen LogP contribution < -0.4 is 5.32 Å². The van der Waals surface area contributed by atoms with Gasteiger partial charge in [-0.3, -0.25) is 0 Å². The standard InChI is InChI=1S/C15H30N2O/c1-15(2,3)18-10-9-17-8-4-5-13(12-17)11-16-14-6-7-14/h13-14,16H,4-12H2,1-3H3. The number of hydrogen-bond donors (Lipinski definition) is 1. The van der Waals surface area contributed by atoms with Crippen molar-refractivity contribution in [2.45, 2.75) is 58.1 Å². The lowest BCUT2D eigenvalue weighted by Gasteiger charge is -2.33. The van der Waals surface area contributed by atoms with Crippen LogP contribution >= 0.6 is 0 Å². The summed E-state index contributed by atoms with van der Waals surface area (Å²) in [6.07, 6.45) is 5.55. The number of ether oxygens (including phenoxy) is 1. The van der Waals surface area contributed by atoms with Crippen LogP contribution in [0.1, 0.15) is 46.5 Å². The Hall–Kier alpha value is -0.120. The zero-order chi connectivity index (χ0) is 13.0. The topological polar surface area (TPSA) is 24.5 Å². The summed E-state index contributed by atoms with van der Waals surface area (Å²) in [6.45, 7) is 12.1. The minimum atomic E-state index is 0.00270. The molecule has 1 aliphatic heterocycles. The van der Waals surface area contributed by atoms with E-state index in [-0.39, 0.29) is 5.60 Å². The van der Waals surface area contributed by atoms with Crippen LogP contribution in [0.2, 0.25) is 0 Å². The Kier molecular flexibility index (Phi) is 5.05. The second kappa shape index (κ2) is 6.36. The Balaban J connectivity index is 1.59. The molecule has 0 bridgehead atoms. The Morgan fingerprint density at radius 2 is 2.00 bits per heavy atom. The van der Waals surface area contributed by atoms with Gasteiger partial charge in [-0.2, -0.15) is 0 Å². The van der Waals surface area contributed by atoms with Gasteiger partial charge in [0.15, 0.2) is 0 Å². The predicted octanol–water partition coefficient (Wildman–Crippen LogP) is 2.27. The molecule has 1 atom stereocenters. The molecular weight excluding hydrogens is 224 g/mol. The molecule has 3 heteroatoms. The number of piperidine rings is 1. The fourth-order valence-corrected chi connectivity index (χ4v) is 2.62. The first-order valence-corrected chi connectivity index (χ1v) is 7.62. The van der Waals surface area contributed by atoms with Crippen molar-refractivity contribution in [3.63, 3.8) is 0 Å². The maximum absolute atomic E-state index is 5.82. The minimum absolute atomic E-state index is 0.00270. The number of nitrogens with one attached hydrogen (secondary N) is 1. The Morgan fingerprint density at radius 1 is 1.22 bits per heavy atom. The predicted molar refractivity (Wildman–Crippen MR) is 75.9 cm³/mol. The van der Waals surface area contributed by atoms with E-state index < -0.39 is 0 Å². The van der Waals surface area contributed by atoms with Gasteiger partial charge in [0.05, 0.1) is 12.2 Å². The lowest BCUT2D eigenvalue weighted by Crippen LogP contribution is -2.42. The Bertz CT molecular complexity index is 245. The maximum Gasteiger partial charge on any atom is 0.0600 e. The SMILES string of the molecule is CC(C)(C)OCCN1CCCC(CNC2CC2)C1. The summed E-state index contributed by atoms with van der Waals surface area (Å²) in [5.74, 6) is 0.856. The van der Waals surface area contributed by atoms with E-state index in [9.17, 15) is 0 Å². The molecule has 1 heterocycles. The van der Waals surface area contributed by atoms with E-state index in [1.54, 1.807) is 0 Å². The largest absolute Gasteiger partial charge is 0.375 e. The molecule has 1 aliphatic carbocycles. The van der Waals surface area contributed by atoms with Crippen molar-refractivity contribution in [1.29, 1.82) is 0 Å². The number of nitrogens with zero attached hydrogens (tertiary/aromatic N) is 1. The third kappa shape index (κ3) is 5.68. The molecule has 0 aromatic heterocycles. The molecule has 1 saturated carbocycles. The smallest absolute Gasteiger partial charge is 0.0600 e. The van der Waals surface area contributed by atoms with Gasteiger partial charge in [0.1, 0.15) is 0 Å². The van der Waals surface area contributed by atoms with E-state index in [0.29, 0.717) is 0 Å². The molecule has 0 amide bonds. The molecule has 0 aromatic carbocycles. The van der Waals surface area contributed by atoms with E-state index in [0.717, 1.165) is 25.1 Å². The van der Waals surface area contributed by atoms with Gasteiger partial charge < -0.3 is 15.0 Å². The first kappa shape index (κ1) is 14.3. The first-order valence-electron chi connectivity index (χ1n) is 7.62. The molecule has 1 saturated heterocycles. The Labute approximate surface area is 112 Å². The molecule has 1 N–H and O–H groups in total. The highest BCUT2D eigenvalue weighted by Gasteiger charge is 2.24. The van der Waals surface area contributed by atoms with Crippen molar-refractivity contribution in [2.75, 3.05) is 32.8 Å². The molecular formula is C15H30N2O. The molecule has 2 rings (SSSR count). The highest BCUT2D eigenvalue weighted by Crippen LogP contribution is 2.21. The average molecular weight is 254 g/mol. The summed E-state index contributed by atoms with van der Waals surface area (Å²) in [5.41, 5.74) is 0.00270. The van der Waals surface area contributed by atoms with Crippen LogP contribution in [0.3, 0.4) is 0 Å². The lowest BCUT2D eigenvalue weighted by atomic mass is 9.98. The van der Waals surface area contributed by atoms with Crippen molar-refractivity contribution in [1.82, 2.24) is 10.2 Å². The summed E-state index contributed by atoms with van der Waals surface area (Å²) in [5, 5.41) is 3.67. The summed E-state index contributed by atoms with van der Waals surface area (Å²) in [6, 6.07) is 0.851. The second-order valence-corrected chi connectivity index (χ2v) is 6.95. The lowest BCUT2D eigenvalue weighted by molar-refractivity contribution is -0.0170. The van der Waals surface area contributed by atoms with Crippen LogP contribution in [0.5, 0.6) is 0 Å². The van der Waals surface area contributed by atoms with Crippen molar-refractivity contribution in [3.8, 4) is 0 Å². The summed E-state index contributed by atoms with van der Waals surface area (Å²) < 4.78 is 5.82. The van der Waals surface area contributed by atoms with Crippen LogP contribution in [0.25, 0.3) is 0 Å². The monoisotopic (exact) mass is 254 g/mol. The molecule has 0 aromatic rings. The number of rotatable bonds is 6. The van der Waals surface area contributed by atoms with Gasteiger partial charge in [-0.25, -0.2) is 0 Å². The highest BCUT2D eigenvalue weighted by molar-refractivity contribution is 4.83. The van der Waals surface area contributed by atoms with Crippen molar-refractivity contribution in [2.24, 2.45) is 5.92 Å². The van der Waals surface area contributed by atoms with Crippen molar-refractivity contribution >= 4 is 0 Å². The summed E-state index contributed by atoms with van der Waals surface area (Å²) >= 11 is 0. The highest BCUT2D eigenvalue weighted by atomic mass is 16.5. The van der Waals surface area contributed by atoms with Crippen LogP contribution in [-0.4, -0.2) is 49.3 Å². The zero-order valence-electron chi connectivity index (χ0n) is 12.4.